The second-order valence-corrected chi connectivity index (χ2v) is 3.47. The molecule has 0 fully saturated rings. The van der Waals surface area contributed by atoms with E-state index in [1.54, 1.807) is 0 Å². The first-order valence-corrected chi connectivity index (χ1v) is 4.15. The van der Waals surface area contributed by atoms with Gasteiger partial charge in [-0.15, -0.1) is 0 Å². The third-order valence-electron chi connectivity index (χ3n) is 0.636. The van der Waals surface area contributed by atoms with Crippen LogP contribution in [-0.4, -0.2) is 11.9 Å². The van der Waals surface area contributed by atoms with Crippen molar-refractivity contribution in [3.63, 3.8) is 0 Å². The normalized spacial score (nSPS) is 8.50. The number of hydrogen-bond acceptors (Lipinski definition) is 4. The zero-order valence-corrected chi connectivity index (χ0v) is 8.98. The van der Waals surface area contributed by atoms with Gasteiger partial charge < -0.3 is 0 Å². The highest BCUT2D eigenvalue weighted by Gasteiger charge is 2.11. The minimum absolute atomic E-state index is 0.0458. The molecule has 0 bridgehead atoms. The molecule has 0 aliphatic heterocycles. The van der Waals surface area contributed by atoms with Crippen molar-refractivity contribution in [2.45, 2.75) is 0 Å². The SMILES string of the molecule is C=C(Br)C(=O)OOC(=O)C(=C)Br. The average molecular weight is 300 g/mol. The summed E-state index contributed by atoms with van der Waals surface area (Å²) in [4.78, 5) is 29.2. The molecule has 0 aromatic heterocycles. The van der Waals surface area contributed by atoms with E-state index in [1.807, 2.05) is 0 Å². The summed E-state index contributed by atoms with van der Waals surface area (Å²) in [6.07, 6.45) is 0. The number of halogens is 2. The Morgan fingerprint density at radius 3 is 1.33 bits per heavy atom. The molecule has 66 valence electrons. The van der Waals surface area contributed by atoms with Crippen LogP contribution in [-0.2, 0) is 19.4 Å². The second-order valence-electron chi connectivity index (χ2n) is 1.55. The predicted molar refractivity (Wildman–Crippen MR) is 48.3 cm³/mol. The lowest BCUT2D eigenvalue weighted by Gasteiger charge is -1.99. The number of carbonyl (C=O) groups excluding carboxylic acids is 2. The molecule has 0 aliphatic carbocycles. The quantitative estimate of drug-likeness (QED) is 0.443. The highest BCUT2D eigenvalue weighted by atomic mass is 79.9. The molecule has 0 amide bonds. The summed E-state index contributed by atoms with van der Waals surface area (Å²) in [6.45, 7) is 6.39. The van der Waals surface area contributed by atoms with Gasteiger partial charge in [-0.25, -0.2) is 19.4 Å². The zero-order chi connectivity index (χ0) is 9.72. The average Bonchev–Trinajstić information content (AvgIpc) is 1.98. The van der Waals surface area contributed by atoms with Crippen LogP contribution in [0.15, 0.2) is 22.1 Å². The fourth-order valence-corrected chi connectivity index (χ4v) is 0.298. The molecule has 0 N–H and O–H groups in total. The Morgan fingerprint density at radius 1 is 0.917 bits per heavy atom. The number of carbonyl (C=O) groups is 2. The van der Waals surface area contributed by atoms with Crippen molar-refractivity contribution < 1.29 is 19.4 Å². The highest BCUT2D eigenvalue weighted by molar-refractivity contribution is 9.12. The van der Waals surface area contributed by atoms with E-state index in [0.29, 0.717) is 0 Å². The van der Waals surface area contributed by atoms with E-state index in [4.69, 9.17) is 0 Å². The maximum Gasteiger partial charge on any atom is 0.392 e. The lowest BCUT2D eigenvalue weighted by molar-refractivity contribution is -0.250. The fourth-order valence-electron chi connectivity index (χ4n) is 0.166. The topological polar surface area (TPSA) is 52.6 Å². The minimum atomic E-state index is -0.878. The summed E-state index contributed by atoms with van der Waals surface area (Å²) in [7, 11) is 0. The molecule has 0 spiro atoms. The van der Waals surface area contributed by atoms with Crippen molar-refractivity contribution in [3.05, 3.63) is 22.1 Å². The van der Waals surface area contributed by atoms with Gasteiger partial charge >= 0.3 is 11.9 Å². The zero-order valence-electron chi connectivity index (χ0n) is 5.80. The van der Waals surface area contributed by atoms with Crippen LogP contribution >= 0.6 is 31.9 Å². The summed E-state index contributed by atoms with van der Waals surface area (Å²) in [5.74, 6) is -1.76. The molecule has 6 heteroatoms. The molecule has 0 unspecified atom stereocenters. The van der Waals surface area contributed by atoms with E-state index in [0.717, 1.165) is 0 Å². The van der Waals surface area contributed by atoms with Crippen LogP contribution < -0.4 is 0 Å². The van der Waals surface area contributed by atoms with Crippen molar-refractivity contribution in [2.75, 3.05) is 0 Å². The van der Waals surface area contributed by atoms with Crippen molar-refractivity contribution in [1.29, 1.82) is 0 Å². The molecule has 0 heterocycles. The molecule has 0 saturated heterocycles. The monoisotopic (exact) mass is 298 g/mol. The Kier molecular flexibility index (Phi) is 4.84. The maximum atomic E-state index is 10.6. The Morgan fingerprint density at radius 2 is 1.17 bits per heavy atom. The van der Waals surface area contributed by atoms with Gasteiger partial charge in [0.05, 0.1) is 8.96 Å². The van der Waals surface area contributed by atoms with Crippen LogP contribution in [0.2, 0.25) is 0 Å². The molecular weight excluding hydrogens is 296 g/mol. The van der Waals surface area contributed by atoms with Gasteiger partial charge in [0, 0.05) is 0 Å². The molecular formula is C6H4Br2O4. The summed E-state index contributed by atoms with van der Waals surface area (Å²) >= 11 is 5.46. The van der Waals surface area contributed by atoms with Gasteiger partial charge in [-0.1, -0.05) is 13.2 Å². The Hall–Kier alpha value is -0.620. The van der Waals surface area contributed by atoms with Gasteiger partial charge in [0.15, 0.2) is 0 Å². The Labute approximate surface area is 85.4 Å². The van der Waals surface area contributed by atoms with Crippen molar-refractivity contribution in [2.24, 2.45) is 0 Å². The standard InChI is InChI=1S/C6H4Br2O4/c1-3(7)5(9)11-12-6(10)4(2)8/h1-2H2. The first kappa shape index (κ1) is 11.4. The van der Waals surface area contributed by atoms with Crippen LogP contribution in [0.1, 0.15) is 0 Å². The highest BCUT2D eigenvalue weighted by Crippen LogP contribution is 2.07. The Balaban J connectivity index is 3.85. The third-order valence-corrected chi connectivity index (χ3v) is 1.28. The Bertz CT molecular complexity index is 220. The molecule has 0 aliphatic rings. The van der Waals surface area contributed by atoms with Gasteiger partial charge in [-0.2, -0.15) is 0 Å². The van der Waals surface area contributed by atoms with E-state index in [-0.39, 0.29) is 8.96 Å². The molecule has 0 aromatic rings. The lowest BCUT2D eigenvalue weighted by atomic mass is 10.7. The van der Waals surface area contributed by atoms with Gasteiger partial charge in [-0.05, 0) is 31.9 Å². The van der Waals surface area contributed by atoms with Crippen LogP contribution in [0.3, 0.4) is 0 Å². The van der Waals surface area contributed by atoms with Gasteiger partial charge in [0.25, 0.3) is 0 Å². The first-order valence-electron chi connectivity index (χ1n) is 2.57. The smallest absolute Gasteiger partial charge is 0.241 e. The summed E-state index contributed by atoms with van der Waals surface area (Å²) in [6, 6.07) is 0. The molecule has 0 radical (unpaired) electrons. The van der Waals surface area contributed by atoms with E-state index >= 15 is 0 Å². The van der Waals surface area contributed by atoms with Crippen molar-refractivity contribution in [3.8, 4) is 0 Å². The minimum Gasteiger partial charge on any atom is -0.241 e. The second kappa shape index (κ2) is 5.10. The molecule has 0 atom stereocenters. The summed E-state index contributed by atoms with van der Waals surface area (Å²) in [5.41, 5.74) is 0. The van der Waals surface area contributed by atoms with E-state index < -0.39 is 11.9 Å². The molecule has 0 saturated carbocycles. The number of rotatable bonds is 2. The molecule has 12 heavy (non-hydrogen) atoms. The van der Waals surface area contributed by atoms with E-state index in [9.17, 15) is 9.59 Å². The van der Waals surface area contributed by atoms with Crippen LogP contribution in [0.25, 0.3) is 0 Å². The molecule has 4 nitrogen and oxygen atoms in total. The van der Waals surface area contributed by atoms with Gasteiger partial charge in [-0.3, -0.25) is 0 Å². The molecule has 0 rings (SSSR count). The van der Waals surface area contributed by atoms with Gasteiger partial charge in [0.2, 0.25) is 0 Å². The van der Waals surface area contributed by atoms with Crippen molar-refractivity contribution in [1.82, 2.24) is 0 Å². The van der Waals surface area contributed by atoms with Gasteiger partial charge in [0.1, 0.15) is 0 Å². The fraction of sp³-hybridized carbons (Fsp3) is 0. The summed E-state index contributed by atoms with van der Waals surface area (Å²) in [5, 5.41) is 0. The maximum absolute atomic E-state index is 10.6. The predicted octanol–water partition coefficient (Wildman–Crippen LogP) is 1.80. The first-order chi connectivity index (χ1) is 5.45. The number of hydrogen-bond donors (Lipinski definition) is 0. The largest absolute Gasteiger partial charge is 0.392 e. The van der Waals surface area contributed by atoms with Crippen LogP contribution in [0, 0.1) is 0 Å². The van der Waals surface area contributed by atoms with Crippen molar-refractivity contribution >= 4 is 43.8 Å². The third kappa shape index (κ3) is 4.30. The van der Waals surface area contributed by atoms with E-state index in [2.05, 4.69) is 54.8 Å². The van der Waals surface area contributed by atoms with E-state index in [1.165, 1.54) is 0 Å². The van der Waals surface area contributed by atoms with Crippen LogP contribution in [0.5, 0.6) is 0 Å². The lowest BCUT2D eigenvalue weighted by Crippen LogP contribution is -2.10. The molecule has 0 aromatic carbocycles. The summed E-state index contributed by atoms with van der Waals surface area (Å²) < 4.78 is -0.0917. The van der Waals surface area contributed by atoms with Crippen LogP contribution in [0.4, 0.5) is 0 Å².